The van der Waals surface area contributed by atoms with E-state index in [0.29, 0.717) is 12.2 Å². The predicted octanol–water partition coefficient (Wildman–Crippen LogP) is 1.50. The molecule has 0 spiro atoms. The molecule has 106 valence electrons. The quantitative estimate of drug-likeness (QED) is 0.805. The average molecular weight is 276 g/mol. The number of nitrogens with two attached hydrogens (primary N) is 1. The third-order valence-electron chi connectivity index (χ3n) is 3.21. The molecule has 1 aliphatic heterocycles. The van der Waals surface area contributed by atoms with E-state index in [2.05, 4.69) is 17.2 Å². The predicted molar refractivity (Wildman–Crippen MR) is 74.5 cm³/mol. The normalized spacial score (nSPS) is 21.1. The number of benzene rings is 1. The van der Waals surface area contributed by atoms with Crippen molar-refractivity contribution in [2.75, 3.05) is 18.5 Å². The highest BCUT2D eigenvalue weighted by atomic mass is 19.1. The standard InChI is InChI=1S/C15H17FN2O2/c1-10-6-8-20-14(10)15(19)18-13-5-4-11(3-2-7-17)9-12(13)16/h4-5,9-10,14H,6-8,17H2,1H3,(H,18,19). The lowest BCUT2D eigenvalue weighted by Gasteiger charge is -2.14. The largest absolute Gasteiger partial charge is 0.368 e. The van der Waals surface area contributed by atoms with Gasteiger partial charge >= 0.3 is 0 Å². The molecule has 1 aromatic rings. The van der Waals surface area contributed by atoms with Crippen LogP contribution in [-0.4, -0.2) is 25.2 Å². The molecule has 1 aromatic carbocycles. The maximum atomic E-state index is 13.9. The van der Waals surface area contributed by atoms with E-state index in [1.165, 1.54) is 12.1 Å². The second-order valence-corrected chi connectivity index (χ2v) is 4.75. The second kappa shape index (κ2) is 6.51. The van der Waals surface area contributed by atoms with Crippen LogP contribution in [0.1, 0.15) is 18.9 Å². The Bertz CT molecular complexity index is 563. The van der Waals surface area contributed by atoms with E-state index in [0.717, 1.165) is 6.42 Å². The summed E-state index contributed by atoms with van der Waals surface area (Å²) in [5, 5.41) is 2.55. The summed E-state index contributed by atoms with van der Waals surface area (Å²) in [4.78, 5) is 12.0. The molecule has 0 aliphatic carbocycles. The lowest BCUT2D eigenvalue weighted by molar-refractivity contribution is -0.126. The number of amides is 1. The van der Waals surface area contributed by atoms with Crippen molar-refractivity contribution in [1.29, 1.82) is 0 Å². The van der Waals surface area contributed by atoms with Crippen molar-refractivity contribution >= 4 is 11.6 Å². The maximum absolute atomic E-state index is 13.9. The summed E-state index contributed by atoms with van der Waals surface area (Å²) < 4.78 is 19.2. The molecule has 0 aromatic heterocycles. The van der Waals surface area contributed by atoms with E-state index in [-0.39, 0.29) is 24.1 Å². The van der Waals surface area contributed by atoms with E-state index >= 15 is 0 Å². The summed E-state index contributed by atoms with van der Waals surface area (Å²) in [6, 6.07) is 4.41. The number of hydrogen-bond donors (Lipinski definition) is 2. The van der Waals surface area contributed by atoms with E-state index in [1.54, 1.807) is 6.07 Å². The highest BCUT2D eigenvalue weighted by Crippen LogP contribution is 2.22. The zero-order valence-corrected chi connectivity index (χ0v) is 11.3. The molecule has 5 heteroatoms. The molecule has 0 radical (unpaired) electrons. The van der Waals surface area contributed by atoms with Gasteiger partial charge in [0.1, 0.15) is 11.9 Å². The summed E-state index contributed by atoms with van der Waals surface area (Å²) >= 11 is 0. The minimum atomic E-state index is -0.521. The molecular weight excluding hydrogens is 259 g/mol. The van der Waals surface area contributed by atoms with Crippen LogP contribution in [0.4, 0.5) is 10.1 Å². The van der Waals surface area contributed by atoms with Crippen LogP contribution >= 0.6 is 0 Å². The van der Waals surface area contributed by atoms with Crippen molar-refractivity contribution in [3.8, 4) is 11.8 Å². The second-order valence-electron chi connectivity index (χ2n) is 4.75. The first kappa shape index (κ1) is 14.5. The fourth-order valence-corrected chi connectivity index (χ4v) is 2.08. The molecule has 1 heterocycles. The molecular formula is C15H17FN2O2. The molecule has 1 aliphatic rings. The summed E-state index contributed by atoms with van der Waals surface area (Å²) in [5.41, 5.74) is 5.91. The highest BCUT2D eigenvalue weighted by molar-refractivity contribution is 5.94. The Morgan fingerprint density at radius 3 is 3.00 bits per heavy atom. The van der Waals surface area contributed by atoms with Gasteiger partial charge in [-0.05, 0) is 30.5 Å². The van der Waals surface area contributed by atoms with Crippen LogP contribution in [0.25, 0.3) is 0 Å². The van der Waals surface area contributed by atoms with Crippen LogP contribution in [-0.2, 0) is 9.53 Å². The van der Waals surface area contributed by atoms with Crippen molar-refractivity contribution in [2.24, 2.45) is 11.7 Å². The van der Waals surface area contributed by atoms with Gasteiger partial charge in [0.15, 0.2) is 0 Å². The number of nitrogens with one attached hydrogen (secondary N) is 1. The number of carbonyl (C=O) groups excluding carboxylic acids is 1. The molecule has 2 rings (SSSR count). The summed E-state index contributed by atoms with van der Waals surface area (Å²) in [5.74, 6) is 4.70. The van der Waals surface area contributed by atoms with Crippen LogP contribution in [0.2, 0.25) is 0 Å². The fourth-order valence-electron chi connectivity index (χ4n) is 2.08. The number of halogens is 1. The van der Waals surface area contributed by atoms with Crippen molar-refractivity contribution < 1.29 is 13.9 Å². The fraction of sp³-hybridized carbons (Fsp3) is 0.400. The Balaban J connectivity index is 2.08. The first-order valence-electron chi connectivity index (χ1n) is 6.52. The van der Waals surface area contributed by atoms with Gasteiger partial charge in [-0.3, -0.25) is 4.79 Å². The SMILES string of the molecule is CC1CCOC1C(=O)Nc1ccc(C#CCN)cc1F. The minimum Gasteiger partial charge on any atom is -0.368 e. The van der Waals surface area contributed by atoms with Crippen LogP contribution in [0, 0.1) is 23.6 Å². The van der Waals surface area contributed by atoms with E-state index in [4.69, 9.17) is 10.5 Å². The summed E-state index contributed by atoms with van der Waals surface area (Å²) in [7, 11) is 0. The van der Waals surface area contributed by atoms with Gasteiger partial charge in [0.05, 0.1) is 12.2 Å². The molecule has 2 atom stereocenters. The first-order valence-corrected chi connectivity index (χ1v) is 6.52. The highest BCUT2D eigenvalue weighted by Gasteiger charge is 2.31. The van der Waals surface area contributed by atoms with Gasteiger partial charge in [0, 0.05) is 12.2 Å². The summed E-state index contributed by atoms with van der Waals surface area (Å²) in [6.45, 7) is 2.73. The van der Waals surface area contributed by atoms with Crippen LogP contribution in [0.3, 0.4) is 0 Å². The van der Waals surface area contributed by atoms with E-state index in [9.17, 15) is 9.18 Å². The molecule has 20 heavy (non-hydrogen) atoms. The minimum absolute atomic E-state index is 0.135. The van der Waals surface area contributed by atoms with Gasteiger partial charge in [-0.1, -0.05) is 18.8 Å². The van der Waals surface area contributed by atoms with E-state index in [1.807, 2.05) is 6.92 Å². The topological polar surface area (TPSA) is 64.3 Å². The third-order valence-corrected chi connectivity index (χ3v) is 3.21. The number of hydrogen-bond acceptors (Lipinski definition) is 3. The zero-order chi connectivity index (χ0) is 14.5. The van der Waals surface area contributed by atoms with Crippen LogP contribution in [0.15, 0.2) is 18.2 Å². The number of rotatable bonds is 2. The molecule has 4 nitrogen and oxygen atoms in total. The first-order chi connectivity index (χ1) is 9.61. The van der Waals surface area contributed by atoms with Gasteiger partial charge in [0.25, 0.3) is 5.91 Å². The monoisotopic (exact) mass is 276 g/mol. The van der Waals surface area contributed by atoms with Gasteiger partial charge in [-0.25, -0.2) is 4.39 Å². The molecule has 1 amide bonds. The molecule has 2 unspecified atom stereocenters. The Labute approximate surface area is 117 Å². The number of carbonyl (C=O) groups is 1. The van der Waals surface area contributed by atoms with Crippen molar-refractivity contribution in [2.45, 2.75) is 19.4 Å². The Morgan fingerprint density at radius 2 is 2.40 bits per heavy atom. The van der Waals surface area contributed by atoms with Gasteiger partial charge in [-0.2, -0.15) is 0 Å². The third kappa shape index (κ3) is 3.35. The Hall–Kier alpha value is -1.90. The molecule has 1 saturated heterocycles. The maximum Gasteiger partial charge on any atom is 0.253 e. The van der Waals surface area contributed by atoms with Gasteiger partial charge in [0.2, 0.25) is 0 Å². The van der Waals surface area contributed by atoms with Crippen LogP contribution < -0.4 is 11.1 Å². The lowest BCUT2D eigenvalue weighted by Crippen LogP contribution is -2.31. The van der Waals surface area contributed by atoms with Gasteiger partial charge < -0.3 is 15.8 Å². The molecule has 0 bridgehead atoms. The smallest absolute Gasteiger partial charge is 0.253 e. The van der Waals surface area contributed by atoms with E-state index < -0.39 is 11.9 Å². The van der Waals surface area contributed by atoms with Gasteiger partial charge in [-0.15, -0.1) is 0 Å². The number of ether oxygens (including phenoxy) is 1. The molecule has 1 fully saturated rings. The van der Waals surface area contributed by atoms with Crippen molar-refractivity contribution in [3.05, 3.63) is 29.6 Å². The number of anilines is 1. The molecule has 0 saturated carbocycles. The average Bonchev–Trinajstić information content (AvgIpc) is 2.85. The zero-order valence-electron chi connectivity index (χ0n) is 11.3. The Morgan fingerprint density at radius 1 is 1.60 bits per heavy atom. The van der Waals surface area contributed by atoms with Crippen molar-refractivity contribution in [1.82, 2.24) is 0 Å². The molecule has 3 N–H and O–H groups in total. The summed E-state index contributed by atoms with van der Waals surface area (Å²) in [6.07, 6.45) is 0.333. The van der Waals surface area contributed by atoms with Crippen molar-refractivity contribution in [3.63, 3.8) is 0 Å². The Kier molecular flexibility index (Phi) is 4.72. The van der Waals surface area contributed by atoms with Crippen LogP contribution in [0.5, 0.6) is 0 Å². The lowest BCUT2D eigenvalue weighted by atomic mass is 10.0.